The molecule has 0 amide bonds. The molecule has 11 atom stereocenters. The molecule has 16 nitrogen and oxygen atoms in total. The fraction of sp³-hybridized carbons (Fsp3) is 0.898. The topological polar surface area (TPSA) is 248 Å². The number of aliphatic carboxylic acids is 1. The summed E-state index contributed by atoms with van der Waals surface area (Å²) in [6.07, 6.45) is 14.9. The number of carbonyl (C=O) groups excluding carboxylic acids is 2. The third kappa shape index (κ3) is 25.1. The van der Waals surface area contributed by atoms with Crippen LogP contribution in [0.3, 0.4) is 0 Å². The van der Waals surface area contributed by atoms with Gasteiger partial charge in [-0.1, -0.05) is 154 Å². The average Bonchev–Trinajstić information content (AvgIpc) is 3.29. The standard InChI is InChI=1S/C49H88O16/c1-3-5-7-9-11-13-15-17-18-20-21-23-25-27-29-31-38(51)60-34-36(62-39(52)32-30-28-26-24-22-19-16-14-12-10-8-6-4-2)35-61-48-44(57)42(55)45(46(65-48)47(58)59)64-49-43(56)41(54)40(53)37(33-50)63-49/h13,15,36-37,40-46,48-50,53-57H,3-12,14,16-35H2,1-2H3,(H,58,59)/b15-13-/t36?,37-,40-,41+,42-,43-,44-,45+,46+,48+,49-/m1/s1. The number of aliphatic hydroxyl groups is 6. The summed E-state index contributed by atoms with van der Waals surface area (Å²) in [5.41, 5.74) is 0. The Morgan fingerprint density at radius 2 is 1.00 bits per heavy atom. The number of allylic oxidation sites excluding steroid dienone is 2. The molecule has 0 aliphatic carbocycles. The number of hydrogen-bond acceptors (Lipinski definition) is 15. The molecule has 16 heteroatoms. The molecule has 0 saturated carbocycles. The van der Waals surface area contributed by atoms with Crippen molar-refractivity contribution in [3.8, 4) is 0 Å². The maximum absolute atomic E-state index is 13.0. The largest absolute Gasteiger partial charge is 0.479 e. The van der Waals surface area contributed by atoms with Crippen molar-refractivity contribution in [2.45, 2.75) is 261 Å². The van der Waals surface area contributed by atoms with Crippen LogP contribution < -0.4 is 0 Å². The summed E-state index contributed by atoms with van der Waals surface area (Å²) in [7, 11) is 0. The summed E-state index contributed by atoms with van der Waals surface area (Å²) in [5, 5.41) is 72.1. The van der Waals surface area contributed by atoms with Crippen molar-refractivity contribution in [1.29, 1.82) is 0 Å². The van der Waals surface area contributed by atoms with E-state index in [1.807, 2.05) is 0 Å². The van der Waals surface area contributed by atoms with Crippen LogP contribution in [-0.4, -0.2) is 141 Å². The van der Waals surface area contributed by atoms with Crippen LogP contribution in [0.5, 0.6) is 0 Å². The van der Waals surface area contributed by atoms with Crippen LogP contribution in [0.4, 0.5) is 0 Å². The van der Waals surface area contributed by atoms with E-state index >= 15 is 0 Å². The summed E-state index contributed by atoms with van der Waals surface area (Å²) < 4.78 is 33.0. The Morgan fingerprint density at radius 1 is 0.538 bits per heavy atom. The highest BCUT2D eigenvalue weighted by Crippen LogP contribution is 2.30. The minimum atomic E-state index is -2.01. The Bertz CT molecular complexity index is 1250. The number of carboxylic acids is 1. The van der Waals surface area contributed by atoms with Gasteiger partial charge < -0.3 is 64.2 Å². The zero-order chi connectivity index (χ0) is 47.7. The number of carboxylic acid groups (broad SMARTS) is 1. The van der Waals surface area contributed by atoms with Gasteiger partial charge in [0.05, 0.1) is 13.2 Å². The van der Waals surface area contributed by atoms with Gasteiger partial charge in [0, 0.05) is 12.8 Å². The number of ether oxygens (including phenoxy) is 6. The van der Waals surface area contributed by atoms with E-state index in [0.717, 1.165) is 57.8 Å². The Hall–Kier alpha value is -2.25. The van der Waals surface area contributed by atoms with Gasteiger partial charge in [-0.25, -0.2) is 4.79 Å². The smallest absolute Gasteiger partial charge is 0.335 e. The van der Waals surface area contributed by atoms with Crippen LogP contribution in [0.25, 0.3) is 0 Å². The zero-order valence-corrected chi connectivity index (χ0v) is 39.7. The van der Waals surface area contributed by atoms with E-state index in [4.69, 9.17) is 28.4 Å². The molecule has 2 heterocycles. The van der Waals surface area contributed by atoms with E-state index in [9.17, 15) is 50.1 Å². The van der Waals surface area contributed by atoms with E-state index in [1.165, 1.54) is 96.3 Å². The quantitative estimate of drug-likeness (QED) is 0.0193. The van der Waals surface area contributed by atoms with Gasteiger partial charge in [0.2, 0.25) is 0 Å². The summed E-state index contributed by atoms with van der Waals surface area (Å²) in [6.45, 7) is 2.80. The lowest BCUT2D eigenvalue weighted by atomic mass is 9.97. The molecule has 0 aromatic rings. The molecule has 2 aliphatic rings. The Labute approximate surface area is 388 Å². The molecule has 2 fully saturated rings. The molecular weight excluding hydrogens is 845 g/mol. The average molecular weight is 933 g/mol. The van der Waals surface area contributed by atoms with Gasteiger partial charge >= 0.3 is 17.9 Å². The van der Waals surface area contributed by atoms with Gasteiger partial charge in [-0.15, -0.1) is 0 Å². The first-order chi connectivity index (χ1) is 31.4. The van der Waals surface area contributed by atoms with Crippen molar-refractivity contribution in [3.05, 3.63) is 12.2 Å². The first kappa shape index (κ1) is 58.9. The first-order valence-corrected chi connectivity index (χ1v) is 25.3. The summed E-state index contributed by atoms with van der Waals surface area (Å²) in [4.78, 5) is 38.0. The Balaban J connectivity index is 1.86. The van der Waals surface area contributed by atoms with E-state index in [1.54, 1.807) is 0 Å². The molecule has 65 heavy (non-hydrogen) atoms. The predicted octanol–water partition coefficient (Wildman–Crippen LogP) is 6.69. The molecule has 1 unspecified atom stereocenters. The predicted molar refractivity (Wildman–Crippen MR) is 244 cm³/mol. The highest BCUT2D eigenvalue weighted by molar-refractivity contribution is 5.73. The molecule has 2 aliphatic heterocycles. The SMILES string of the molecule is CCCCCC/C=C\CCCCCCCCCC(=O)OCC(CO[C@H]1O[C@H](C(=O)O)[C@@H](O[C@H]2O[C@H](CO)[C@@H](O)[C@H](O)[C@H]2O)[C@H](O)[C@H]1O)OC(=O)CCCCCCCCCCCCCCC. The first-order valence-electron chi connectivity index (χ1n) is 25.3. The minimum absolute atomic E-state index is 0.122. The summed E-state index contributed by atoms with van der Waals surface area (Å²) >= 11 is 0. The number of unbranched alkanes of at least 4 members (excludes halogenated alkanes) is 23. The van der Waals surface area contributed by atoms with Gasteiger partial charge in [0.1, 0.15) is 49.3 Å². The van der Waals surface area contributed by atoms with Gasteiger partial charge in [0.15, 0.2) is 24.8 Å². The van der Waals surface area contributed by atoms with Crippen molar-refractivity contribution in [2.24, 2.45) is 0 Å². The van der Waals surface area contributed by atoms with E-state index in [-0.39, 0.29) is 19.4 Å². The van der Waals surface area contributed by atoms with Crippen LogP contribution in [0.1, 0.15) is 194 Å². The maximum Gasteiger partial charge on any atom is 0.335 e. The lowest BCUT2D eigenvalue weighted by Gasteiger charge is -2.45. The highest BCUT2D eigenvalue weighted by atomic mass is 16.7. The van der Waals surface area contributed by atoms with Crippen molar-refractivity contribution in [2.75, 3.05) is 19.8 Å². The Kier molecular flexibility index (Phi) is 33.3. The molecule has 0 aromatic heterocycles. The Morgan fingerprint density at radius 3 is 1.51 bits per heavy atom. The lowest BCUT2D eigenvalue weighted by Crippen LogP contribution is -2.65. The van der Waals surface area contributed by atoms with E-state index < -0.39 is 98.6 Å². The van der Waals surface area contributed by atoms with E-state index in [2.05, 4.69) is 26.0 Å². The van der Waals surface area contributed by atoms with Gasteiger partial charge in [-0.05, 0) is 38.5 Å². The molecule has 2 saturated heterocycles. The summed E-state index contributed by atoms with van der Waals surface area (Å²) in [6, 6.07) is 0. The molecule has 2 rings (SSSR count). The van der Waals surface area contributed by atoms with Gasteiger partial charge in [0.25, 0.3) is 0 Å². The molecule has 7 N–H and O–H groups in total. The van der Waals surface area contributed by atoms with Crippen molar-refractivity contribution in [1.82, 2.24) is 0 Å². The van der Waals surface area contributed by atoms with Crippen LogP contribution in [0.15, 0.2) is 12.2 Å². The van der Waals surface area contributed by atoms with Crippen LogP contribution in [0, 0.1) is 0 Å². The summed E-state index contributed by atoms with van der Waals surface area (Å²) in [5.74, 6) is -2.67. The zero-order valence-electron chi connectivity index (χ0n) is 39.7. The van der Waals surface area contributed by atoms with Crippen LogP contribution >= 0.6 is 0 Å². The molecule has 0 spiro atoms. The van der Waals surface area contributed by atoms with Crippen molar-refractivity contribution >= 4 is 17.9 Å². The molecule has 0 bridgehead atoms. The van der Waals surface area contributed by atoms with Crippen molar-refractivity contribution < 1.29 is 78.6 Å². The third-order valence-corrected chi connectivity index (χ3v) is 12.2. The second-order valence-electron chi connectivity index (χ2n) is 18.0. The van der Waals surface area contributed by atoms with E-state index in [0.29, 0.717) is 12.8 Å². The second kappa shape index (κ2) is 36.7. The van der Waals surface area contributed by atoms with Crippen LogP contribution in [-0.2, 0) is 42.8 Å². The lowest BCUT2D eigenvalue weighted by molar-refractivity contribution is -0.355. The third-order valence-electron chi connectivity index (χ3n) is 12.2. The van der Waals surface area contributed by atoms with Gasteiger partial charge in [-0.3, -0.25) is 9.59 Å². The number of carbonyl (C=O) groups is 3. The molecule has 0 aromatic carbocycles. The highest BCUT2D eigenvalue weighted by Gasteiger charge is 2.53. The minimum Gasteiger partial charge on any atom is -0.479 e. The number of hydrogen-bond donors (Lipinski definition) is 7. The molecule has 380 valence electrons. The van der Waals surface area contributed by atoms with Crippen LogP contribution in [0.2, 0.25) is 0 Å². The molecular formula is C49H88O16. The second-order valence-corrected chi connectivity index (χ2v) is 18.0. The van der Waals surface area contributed by atoms with Gasteiger partial charge in [-0.2, -0.15) is 0 Å². The van der Waals surface area contributed by atoms with Crippen molar-refractivity contribution in [3.63, 3.8) is 0 Å². The normalized spacial score (nSPS) is 26.3. The fourth-order valence-electron chi connectivity index (χ4n) is 8.11. The number of esters is 2. The fourth-order valence-corrected chi connectivity index (χ4v) is 8.11. The number of rotatable bonds is 39. The monoisotopic (exact) mass is 933 g/mol. The molecule has 0 radical (unpaired) electrons. The maximum atomic E-state index is 13.0. The number of aliphatic hydroxyl groups excluding tert-OH is 6.